The van der Waals surface area contributed by atoms with E-state index in [1.807, 2.05) is 30.3 Å². The Morgan fingerprint density at radius 1 is 1.05 bits per heavy atom. The summed E-state index contributed by atoms with van der Waals surface area (Å²) >= 11 is 0. The molecule has 0 amide bonds. The van der Waals surface area contributed by atoms with Gasteiger partial charge in [0.15, 0.2) is 6.29 Å². The van der Waals surface area contributed by atoms with E-state index in [0.29, 0.717) is 12.2 Å². The highest BCUT2D eigenvalue weighted by atomic mass is 16.7. The molecule has 0 spiro atoms. The van der Waals surface area contributed by atoms with Crippen LogP contribution >= 0.6 is 0 Å². The van der Waals surface area contributed by atoms with Gasteiger partial charge in [-0.1, -0.05) is 42.5 Å². The lowest BCUT2D eigenvalue weighted by Gasteiger charge is -2.12. The molecule has 0 aliphatic carbocycles. The van der Waals surface area contributed by atoms with Crippen LogP contribution in [0.4, 0.5) is 5.69 Å². The van der Waals surface area contributed by atoms with Crippen molar-refractivity contribution in [3.05, 3.63) is 75.8 Å². The summed E-state index contributed by atoms with van der Waals surface area (Å²) in [6, 6.07) is 16.2. The maximum Gasteiger partial charge on any atom is 0.277 e. The van der Waals surface area contributed by atoms with Crippen molar-refractivity contribution in [3.8, 4) is 0 Å². The van der Waals surface area contributed by atoms with Crippen LogP contribution in [0, 0.1) is 10.1 Å². The maximum absolute atomic E-state index is 11.0. The largest absolute Gasteiger partial charge is 0.345 e. The Hall–Kier alpha value is -2.24. The number of ether oxygens (including phenoxy) is 2. The van der Waals surface area contributed by atoms with Crippen molar-refractivity contribution in [1.29, 1.82) is 0 Å². The van der Waals surface area contributed by atoms with Crippen LogP contribution in [0.3, 0.4) is 0 Å². The van der Waals surface area contributed by atoms with Gasteiger partial charge in [0.05, 0.1) is 17.1 Å². The Labute approximate surface area is 115 Å². The molecule has 2 aromatic rings. The topological polar surface area (TPSA) is 61.6 Å². The van der Waals surface area contributed by atoms with Crippen molar-refractivity contribution in [1.82, 2.24) is 0 Å². The number of rotatable bonds is 3. The molecule has 20 heavy (non-hydrogen) atoms. The molecule has 0 aromatic heterocycles. The zero-order valence-electron chi connectivity index (χ0n) is 10.6. The molecule has 1 aliphatic rings. The lowest BCUT2D eigenvalue weighted by molar-refractivity contribution is -0.386. The molecule has 1 aliphatic heterocycles. The van der Waals surface area contributed by atoms with Gasteiger partial charge in [-0.3, -0.25) is 10.1 Å². The molecule has 5 heteroatoms. The Kier molecular flexibility index (Phi) is 3.45. The predicted octanol–water partition coefficient (Wildman–Crippen LogP) is 3.38. The molecule has 2 atom stereocenters. The fourth-order valence-electron chi connectivity index (χ4n) is 2.26. The second-order valence-corrected chi connectivity index (χ2v) is 4.52. The third kappa shape index (κ3) is 2.41. The fourth-order valence-corrected chi connectivity index (χ4v) is 2.26. The summed E-state index contributed by atoms with van der Waals surface area (Å²) in [5, 5.41) is 11.0. The average Bonchev–Trinajstić information content (AvgIpc) is 2.98. The number of nitro groups is 1. The van der Waals surface area contributed by atoms with Crippen LogP contribution in [-0.2, 0) is 9.47 Å². The number of benzene rings is 2. The highest BCUT2D eigenvalue weighted by Crippen LogP contribution is 2.38. The molecule has 3 rings (SSSR count). The molecule has 102 valence electrons. The Bertz CT molecular complexity index is 614. The van der Waals surface area contributed by atoms with E-state index >= 15 is 0 Å². The number of hydrogen-bond donors (Lipinski definition) is 0. The van der Waals surface area contributed by atoms with Crippen molar-refractivity contribution >= 4 is 5.69 Å². The summed E-state index contributed by atoms with van der Waals surface area (Å²) in [6.45, 7) is 0.390. The van der Waals surface area contributed by atoms with Crippen LogP contribution in [0.25, 0.3) is 0 Å². The molecular formula is C15H13NO4. The van der Waals surface area contributed by atoms with Crippen molar-refractivity contribution in [2.24, 2.45) is 0 Å². The fraction of sp³-hybridized carbons (Fsp3) is 0.200. The van der Waals surface area contributed by atoms with Crippen molar-refractivity contribution in [3.63, 3.8) is 0 Å². The highest BCUT2D eigenvalue weighted by molar-refractivity contribution is 5.41. The molecule has 0 N–H and O–H groups in total. The quantitative estimate of drug-likeness (QED) is 0.634. The number of nitrogens with zero attached hydrogens (tertiary/aromatic N) is 1. The van der Waals surface area contributed by atoms with Gasteiger partial charge in [-0.15, -0.1) is 0 Å². The molecular weight excluding hydrogens is 258 g/mol. The third-order valence-corrected chi connectivity index (χ3v) is 3.25. The van der Waals surface area contributed by atoms with Gasteiger partial charge >= 0.3 is 0 Å². The van der Waals surface area contributed by atoms with Crippen LogP contribution in [0.1, 0.15) is 23.5 Å². The average molecular weight is 271 g/mol. The van der Waals surface area contributed by atoms with Crippen molar-refractivity contribution < 1.29 is 14.4 Å². The Balaban J connectivity index is 1.83. The molecule has 2 aromatic carbocycles. The van der Waals surface area contributed by atoms with Crippen LogP contribution in [0.2, 0.25) is 0 Å². The number of nitro benzene ring substituents is 1. The van der Waals surface area contributed by atoms with E-state index in [1.54, 1.807) is 18.2 Å². The van der Waals surface area contributed by atoms with E-state index in [0.717, 1.165) is 5.56 Å². The van der Waals surface area contributed by atoms with Gasteiger partial charge in [-0.2, -0.15) is 0 Å². The van der Waals surface area contributed by atoms with Gasteiger partial charge < -0.3 is 9.47 Å². The van der Waals surface area contributed by atoms with Crippen molar-refractivity contribution in [2.45, 2.75) is 12.4 Å². The Morgan fingerprint density at radius 3 is 2.50 bits per heavy atom. The highest BCUT2D eigenvalue weighted by Gasteiger charge is 2.32. The first-order chi connectivity index (χ1) is 9.75. The number of hydrogen-bond acceptors (Lipinski definition) is 4. The zero-order valence-corrected chi connectivity index (χ0v) is 10.6. The van der Waals surface area contributed by atoms with E-state index in [1.165, 1.54) is 6.07 Å². The van der Waals surface area contributed by atoms with E-state index in [-0.39, 0.29) is 11.8 Å². The molecule has 1 heterocycles. The first-order valence-corrected chi connectivity index (χ1v) is 6.31. The minimum Gasteiger partial charge on any atom is -0.345 e. The van der Waals surface area contributed by atoms with Crippen LogP contribution in [0.5, 0.6) is 0 Å². The van der Waals surface area contributed by atoms with E-state index in [4.69, 9.17) is 9.47 Å². The van der Waals surface area contributed by atoms with Gasteiger partial charge in [-0.05, 0) is 11.6 Å². The minimum absolute atomic E-state index is 0.0196. The molecule has 1 saturated heterocycles. The summed E-state index contributed by atoms with van der Waals surface area (Å²) in [4.78, 5) is 10.6. The van der Waals surface area contributed by atoms with Gasteiger partial charge in [0.2, 0.25) is 0 Å². The van der Waals surface area contributed by atoms with E-state index in [2.05, 4.69) is 0 Å². The van der Waals surface area contributed by atoms with Gasteiger partial charge in [0.1, 0.15) is 6.10 Å². The summed E-state index contributed by atoms with van der Waals surface area (Å²) in [6.07, 6.45) is -0.886. The lowest BCUT2D eigenvalue weighted by atomic mass is 10.1. The summed E-state index contributed by atoms with van der Waals surface area (Å²) in [7, 11) is 0. The molecule has 0 bridgehead atoms. The summed E-state index contributed by atoms with van der Waals surface area (Å²) in [5.74, 6) is 0. The predicted molar refractivity (Wildman–Crippen MR) is 72.1 cm³/mol. The normalized spacial score (nSPS) is 21.8. The maximum atomic E-state index is 11.0. The first kappa shape index (κ1) is 12.8. The first-order valence-electron chi connectivity index (χ1n) is 6.31. The standard InChI is InChI=1S/C15H13NO4/c17-16(18)13-9-5-4-8-12(13)15-19-10-14(20-15)11-6-2-1-3-7-11/h1-9,14-15H,10H2. The van der Waals surface area contributed by atoms with E-state index in [9.17, 15) is 10.1 Å². The molecule has 1 fully saturated rings. The third-order valence-electron chi connectivity index (χ3n) is 3.25. The van der Waals surface area contributed by atoms with Gasteiger partial charge in [-0.25, -0.2) is 0 Å². The van der Waals surface area contributed by atoms with Gasteiger partial charge in [0.25, 0.3) is 5.69 Å². The molecule has 5 nitrogen and oxygen atoms in total. The molecule has 0 radical (unpaired) electrons. The van der Waals surface area contributed by atoms with Gasteiger partial charge in [0, 0.05) is 6.07 Å². The molecule has 2 unspecified atom stereocenters. The zero-order chi connectivity index (χ0) is 13.9. The Morgan fingerprint density at radius 2 is 1.75 bits per heavy atom. The van der Waals surface area contributed by atoms with E-state index < -0.39 is 11.2 Å². The second kappa shape index (κ2) is 5.40. The monoisotopic (exact) mass is 271 g/mol. The smallest absolute Gasteiger partial charge is 0.277 e. The summed E-state index contributed by atoms with van der Waals surface area (Å²) in [5.41, 5.74) is 1.48. The summed E-state index contributed by atoms with van der Waals surface area (Å²) < 4.78 is 11.4. The number of para-hydroxylation sites is 1. The second-order valence-electron chi connectivity index (χ2n) is 4.52. The SMILES string of the molecule is O=[N+]([O-])c1ccccc1C1OCC(c2ccccc2)O1. The van der Waals surface area contributed by atoms with Crippen molar-refractivity contribution in [2.75, 3.05) is 6.61 Å². The van der Waals surface area contributed by atoms with Crippen LogP contribution in [0.15, 0.2) is 54.6 Å². The lowest BCUT2D eigenvalue weighted by Crippen LogP contribution is -2.03. The minimum atomic E-state index is -0.693. The molecule has 0 saturated carbocycles. The van der Waals surface area contributed by atoms with Crippen LogP contribution < -0.4 is 0 Å². The van der Waals surface area contributed by atoms with Crippen LogP contribution in [-0.4, -0.2) is 11.5 Å².